The lowest BCUT2D eigenvalue weighted by Gasteiger charge is -2.16. The molecule has 0 aliphatic carbocycles. The van der Waals surface area contributed by atoms with Crippen molar-refractivity contribution in [2.24, 2.45) is 5.92 Å². The standard InChI is InChI=1S/C31H53N.C4H10.C3H6O/c1-6-8-9-10-11-12-13-14-15-16-17-18-19-20-21-22-25-32-29(5)30(7-2)31-26-27(3)23-24-28(31)4;1-4(2)3;1-3(2)4/h7,23-24,26,32H,5-6,8-22,25H2,1-4H3;4H,1-3H3;1-2H3/b30-7-;;. The molecule has 0 aromatic heterocycles. The summed E-state index contributed by atoms with van der Waals surface area (Å²) in [6, 6.07) is 6.65. The van der Waals surface area contributed by atoms with Crippen LogP contribution in [0.3, 0.4) is 0 Å². The predicted octanol–water partition coefficient (Wildman–Crippen LogP) is 12.3. The number of unbranched alkanes of at least 4 members (excludes halogenated alkanes) is 15. The number of nitrogens with one attached hydrogen (secondary N) is 1. The molecular weight excluding hydrogens is 486 g/mol. The van der Waals surface area contributed by atoms with Crippen LogP contribution in [0.2, 0.25) is 0 Å². The van der Waals surface area contributed by atoms with Crippen LogP contribution in [0.15, 0.2) is 36.6 Å². The van der Waals surface area contributed by atoms with Crippen molar-refractivity contribution in [1.29, 1.82) is 0 Å². The van der Waals surface area contributed by atoms with Crippen LogP contribution in [0.1, 0.15) is 168 Å². The minimum Gasteiger partial charge on any atom is -0.385 e. The number of allylic oxidation sites excluding steroid dienone is 2. The highest BCUT2D eigenvalue weighted by Gasteiger charge is 2.08. The Morgan fingerprint density at radius 3 is 1.52 bits per heavy atom. The summed E-state index contributed by atoms with van der Waals surface area (Å²) >= 11 is 0. The third-order valence-corrected chi connectivity index (χ3v) is 6.67. The van der Waals surface area contributed by atoms with E-state index in [4.69, 9.17) is 0 Å². The van der Waals surface area contributed by atoms with Crippen molar-refractivity contribution in [3.63, 3.8) is 0 Å². The van der Waals surface area contributed by atoms with E-state index in [-0.39, 0.29) is 5.78 Å². The molecule has 0 saturated carbocycles. The molecular formula is C38H69NO. The first kappa shape index (κ1) is 40.3. The lowest BCUT2D eigenvalue weighted by atomic mass is 9.96. The fraction of sp³-hybridized carbons (Fsp3) is 0.711. The molecule has 0 aliphatic heterocycles. The van der Waals surface area contributed by atoms with Gasteiger partial charge in [0.25, 0.3) is 0 Å². The van der Waals surface area contributed by atoms with Crippen molar-refractivity contribution in [3.8, 4) is 0 Å². The van der Waals surface area contributed by atoms with Crippen molar-refractivity contribution in [2.45, 2.75) is 165 Å². The summed E-state index contributed by atoms with van der Waals surface area (Å²) in [6.07, 6.45) is 24.8. The van der Waals surface area contributed by atoms with E-state index < -0.39 is 0 Å². The monoisotopic (exact) mass is 556 g/mol. The molecule has 1 aromatic carbocycles. The summed E-state index contributed by atoms with van der Waals surface area (Å²) in [5.74, 6) is 1.00. The molecule has 0 amide bonds. The van der Waals surface area contributed by atoms with Crippen LogP contribution in [-0.4, -0.2) is 12.3 Å². The van der Waals surface area contributed by atoms with E-state index >= 15 is 0 Å². The van der Waals surface area contributed by atoms with Crippen LogP contribution in [0.25, 0.3) is 5.57 Å². The van der Waals surface area contributed by atoms with Crippen LogP contribution in [0, 0.1) is 19.8 Å². The second kappa shape index (κ2) is 28.7. The Kier molecular flexibility index (Phi) is 28.9. The highest BCUT2D eigenvalue weighted by molar-refractivity contribution is 5.79. The summed E-state index contributed by atoms with van der Waals surface area (Å²) in [7, 11) is 0. The molecule has 40 heavy (non-hydrogen) atoms. The molecule has 0 unspecified atom stereocenters. The third kappa shape index (κ3) is 27.7. The van der Waals surface area contributed by atoms with Crippen LogP contribution in [-0.2, 0) is 4.79 Å². The molecule has 232 valence electrons. The van der Waals surface area contributed by atoms with Crippen LogP contribution in [0.4, 0.5) is 0 Å². The number of Topliss-reactive ketones (excluding diaryl/α,β-unsaturated/α-hetero) is 1. The Bertz CT molecular complexity index is 767. The van der Waals surface area contributed by atoms with E-state index in [2.05, 4.69) is 84.6 Å². The number of rotatable bonds is 20. The molecule has 0 radical (unpaired) electrons. The van der Waals surface area contributed by atoms with E-state index in [1.54, 1.807) is 0 Å². The summed E-state index contributed by atoms with van der Waals surface area (Å²) in [6.45, 7) is 23.6. The Morgan fingerprint density at radius 2 is 1.15 bits per heavy atom. The molecule has 1 rings (SSSR count). The maximum Gasteiger partial charge on any atom is 0.126 e. The number of ketones is 1. The fourth-order valence-corrected chi connectivity index (χ4v) is 4.53. The van der Waals surface area contributed by atoms with E-state index in [1.807, 2.05) is 0 Å². The van der Waals surface area contributed by atoms with Gasteiger partial charge < -0.3 is 10.1 Å². The van der Waals surface area contributed by atoms with Crippen LogP contribution >= 0.6 is 0 Å². The summed E-state index contributed by atoms with van der Waals surface area (Å²) in [5.41, 5.74) is 6.21. The molecule has 2 heteroatoms. The molecule has 0 spiro atoms. The fourth-order valence-electron chi connectivity index (χ4n) is 4.53. The summed E-state index contributed by atoms with van der Waals surface area (Å²) in [4.78, 5) is 9.44. The molecule has 0 saturated heterocycles. The Morgan fingerprint density at radius 1 is 0.775 bits per heavy atom. The van der Waals surface area contributed by atoms with Gasteiger partial charge in [-0.15, -0.1) is 0 Å². The van der Waals surface area contributed by atoms with Gasteiger partial charge in [0, 0.05) is 17.8 Å². The molecule has 0 atom stereocenters. The van der Waals surface area contributed by atoms with Gasteiger partial charge >= 0.3 is 0 Å². The molecule has 0 heterocycles. The van der Waals surface area contributed by atoms with Crippen LogP contribution in [0.5, 0.6) is 0 Å². The average Bonchev–Trinajstić information content (AvgIpc) is 2.87. The van der Waals surface area contributed by atoms with Gasteiger partial charge in [0.05, 0.1) is 0 Å². The number of benzene rings is 1. The van der Waals surface area contributed by atoms with E-state index in [9.17, 15) is 4.79 Å². The predicted molar refractivity (Wildman–Crippen MR) is 183 cm³/mol. The molecule has 1 aromatic rings. The Hall–Kier alpha value is -1.83. The van der Waals surface area contributed by atoms with Crippen molar-refractivity contribution in [1.82, 2.24) is 5.32 Å². The lowest BCUT2D eigenvalue weighted by Crippen LogP contribution is -2.15. The first-order valence-corrected chi connectivity index (χ1v) is 16.7. The van der Waals surface area contributed by atoms with Gasteiger partial charge in [-0.1, -0.05) is 160 Å². The van der Waals surface area contributed by atoms with Crippen molar-refractivity contribution < 1.29 is 4.79 Å². The van der Waals surface area contributed by atoms with E-state index in [0.717, 1.165) is 18.2 Å². The largest absolute Gasteiger partial charge is 0.385 e. The maximum atomic E-state index is 9.44. The van der Waals surface area contributed by atoms with E-state index in [1.165, 1.54) is 139 Å². The molecule has 1 N–H and O–H groups in total. The number of aryl methyl sites for hydroxylation is 2. The summed E-state index contributed by atoms with van der Waals surface area (Å²) in [5, 5.41) is 3.57. The van der Waals surface area contributed by atoms with Gasteiger partial charge in [-0.25, -0.2) is 0 Å². The molecule has 0 aliphatic rings. The Labute approximate surface area is 251 Å². The minimum absolute atomic E-state index is 0.167. The topological polar surface area (TPSA) is 29.1 Å². The van der Waals surface area contributed by atoms with Gasteiger partial charge in [-0.3, -0.25) is 0 Å². The number of hydrogen-bond acceptors (Lipinski definition) is 2. The zero-order valence-electron chi connectivity index (χ0n) is 28.5. The second-order valence-corrected chi connectivity index (χ2v) is 12.4. The van der Waals surface area contributed by atoms with Gasteiger partial charge in [0.2, 0.25) is 0 Å². The van der Waals surface area contributed by atoms with E-state index in [0.29, 0.717) is 0 Å². The van der Waals surface area contributed by atoms with Gasteiger partial charge in [0.1, 0.15) is 5.78 Å². The average molecular weight is 556 g/mol. The lowest BCUT2D eigenvalue weighted by molar-refractivity contribution is -0.114. The minimum atomic E-state index is 0.167. The Balaban J connectivity index is 0. The highest BCUT2D eigenvalue weighted by atomic mass is 16.1. The number of carbonyl (C=O) groups is 1. The second-order valence-electron chi connectivity index (χ2n) is 12.4. The van der Waals surface area contributed by atoms with Crippen molar-refractivity contribution >= 4 is 11.4 Å². The van der Waals surface area contributed by atoms with Crippen molar-refractivity contribution in [2.75, 3.05) is 6.54 Å². The first-order valence-electron chi connectivity index (χ1n) is 16.7. The zero-order valence-corrected chi connectivity index (χ0v) is 28.5. The molecule has 0 fully saturated rings. The summed E-state index contributed by atoms with van der Waals surface area (Å²) < 4.78 is 0. The number of carbonyl (C=O) groups excluding carboxylic acids is 1. The maximum absolute atomic E-state index is 9.44. The zero-order chi connectivity index (χ0) is 30.6. The SMILES string of the molecule is C=C(NCCCCCCCCCCCCCCCCCC)/C(=C/C)c1cc(C)ccc1C.CC(C)=O.CC(C)C. The third-order valence-electron chi connectivity index (χ3n) is 6.67. The number of hydrogen-bond donors (Lipinski definition) is 1. The van der Waals surface area contributed by atoms with Crippen molar-refractivity contribution in [3.05, 3.63) is 53.2 Å². The van der Waals surface area contributed by atoms with Gasteiger partial charge in [-0.05, 0) is 58.1 Å². The highest BCUT2D eigenvalue weighted by Crippen LogP contribution is 2.25. The quantitative estimate of drug-likeness (QED) is 0.128. The molecule has 2 nitrogen and oxygen atoms in total. The van der Waals surface area contributed by atoms with Gasteiger partial charge in [0.15, 0.2) is 0 Å². The smallest absolute Gasteiger partial charge is 0.126 e. The molecule has 0 bridgehead atoms. The normalized spacial score (nSPS) is 10.9. The van der Waals surface area contributed by atoms with Gasteiger partial charge in [-0.2, -0.15) is 0 Å². The first-order chi connectivity index (χ1) is 19.1. The van der Waals surface area contributed by atoms with Crippen LogP contribution < -0.4 is 5.32 Å².